The van der Waals surface area contributed by atoms with E-state index in [0.717, 1.165) is 18.3 Å². The van der Waals surface area contributed by atoms with Crippen molar-refractivity contribution in [2.45, 2.75) is 24.4 Å². The average molecular weight is 261 g/mol. The number of fused-ring (bicyclic) bond motifs is 2. The summed E-state index contributed by atoms with van der Waals surface area (Å²) in [5.41, 5.74) is -0.751. The zero-order chi connectivity index (χ0) is 12.9. The molecule has 0 aromatic carbocycles. The number of nitrogens with one attached hydrogen (secondary N) is 1. The van der Waals surface area contributed by atoms with Crippen LogP contribution in [0.2, 0.25) is 0 Å². The minimum Gasteiger partial charge on any atom is -0.348 e. The maximum atomic E-state index is 13.7. The third-order valence-corrected chi connectivity index (χ3v) is 3.50. The lowest BCUT2D eigenvalue weighted by molar-refractivity contribution is -0.137. The Labute approximate surface area is 101 Å². The van der Waals surface area contributed by atoms with Crippen LogP contribution in [0.5, 0.6) is 0 Å². The lowest BCUT2D eigenvalue weighted by Crippen LogP contribution is -2.44. The molecule has 2 bridgehead atoms. The van der Waals surface area contributed by atoms with Crippen LogP contribution in [-0.4, -0.2) is 36.3 Å². The van der Waals surface area contributed by atoms with Gasteiger partial charge in [-0.05, 0) is 12.1 Å². The summed E-state index contributed by atoms with van der Waals surface area (Å²) in [7, 11) is 0. The monoisotopic (exact) mass is 261 g/mol. The van der Waals surface area contributed by atoms with Crippen molar-refractivity contribution in [3.8, 4) is 0 Å². The van der Waals surface area contributed by atoms with Crippen molar-refractivity contribution in [3.63, 3.8) is 0 Å². The Balaban J connectivity index is 1.90. The summed E-state index contributed by atoms with van der Waals surface area (Å²) < 4.78 is 51.4. The smallest absolute Gasteiger partial charge is 0.348 e. The van der Waals surface area contributed by atoms with E-state index in [1.54, 1.807) is 4.90 Å². The number of anilines is 1. The molecule has 0 spiro atoms. The molecule has 1 N–H and O–H groups in total. The number of halogens is 4. The van der Waals surface area contributed by atoms with E-state index in [4.69, 9.17) is 0 Å². The van der Waals surface area contributed by atoms with E-state index in [0.29, 0.717) is 13.1 Å². The van der Waals surface area contributed by atoms with Gasteiger partial charge in [-0.25, -0.2) is 9.37 Å². The van der Waals surface area contributed by atoms with Gasteiger partial charge >= 0.3 is 6.18 Å². The fourth-order valence-corrected chi connectivity index (χ4v) is 2.58. The van der Waals surface area contributed by atoms with Crippen LogP contribution in [0.15, 0.2) is 18.3 Å². The van der Waals surface area contributed by atoms with E-state index < -0.39 is 24.0 Å². The molecule has 0 aliphatic carbocycles. The van der Waals surface area contributed by atoms with Crippen LogP contribution in [0, 0.1) is 0 Å². The molecule has 2 aliphatic heterocycles. The molecule has 3 rings (SSSR count). The summed E-state index contributed by atoms with van der Waals surface area (Å²) >= 11 is 0. The number of rotatable bonds is 1. The van der Waals surface area contributed by atoms with Gasteiger partial charge in [-0.3, -0.25) is 0 Å². The standard InChI is InChI=1S/C11H11F4N3/c12-10-7-5-18(8(10)4-17-7)9-3-6(1-2-16-9)11(13,14)15/h1-3,7-8,10,17H,4-5H2/t7-,8-,10?/m0/s1. The van der Waals surface area contributed by atoms with Crippen molar-refractivity contribution in [2.75, 3.05) is 18.0 Å². The third-order valence-electron chi connectivity index (χ3n) is 3.50. The number of alkyl halides is 4. The SMILES string of the molecule is FC1[C@@H]2CN(c3cc(C(F)(F)F)ccn3)[C@H]1CN2. The van der Waals surface area contributed by atoms with Gasteiger partial charge in [0.2, 0.25) is 0 Å². The van der Waals surface area contributed by atoms with Crippen molar-refractivity contribution >= 4 is 5.82 Å². The van der Waals surface area contributed by atoms with Crippen molar-refractivity contribution in [2.24, 2.45) is 0 Å². The van der Waals surface area contributed by atoms with E-state index in [2.05, 4.69) is 10.3 Å². The maximum absolute atomic E-state index is 13.7. The van der Waals surface area contributed by atoms with Gasteiger partial charge in [0, 0.05) is 19.3 Å². The highest BCUT2D eigenvalue weighted by atomic mass is 19.4. The average Bonchev–Trinajstić information content (AvgIpc) is 2.84. The number of aromatic nitrogens is 1. The van der Waals surface area contributed by atoms with Crippen LogP contribution >= 0.6 is 0 Å². The Kier molecular flexibility index (Phi) is 2.48. The Morgan fingerprint density at radius 2 is 2.17 bits per heavy atom. The Morgan fingerprint density at radius 3 is 2.72 bits per heavy atom. The first-order valence-corrected chi connectivity index (χ1v) is 5.64. The Bertz CT molecular complexity index is 462. The molecule has 98 valence electrons. The quantitative estimate of drug-likeness (QED) is 0.778. The summed E-state index contributed by atoms with van der Waals surface area (Å²) in [6, 6.07) is 1.19. The fraction of sp³-hybridized carbons (Fsp3) is 0.545. The van der Waals surface area contributed by atoms with Gasteiger partial charge in [-0.15, -0.1) is 0 Å². The Hall–Kier alpha value is -1.37. The van der Waals surface area contributed by atoms with E-state index >= 15 is 0 Å². The molecule has 1 aromatic heterocycles. The lowest BCUT2D eigenvalue weighted by atomic mass is 10.2. The second-order valence-corrected chi connectivity index (χ2v) is 4.58. The number of hydrogen-bond donors (Lipinski definition) is 1. The minimum absolute atomic E-state index is 0.196. The molecule has 0 radical (unpaired) electrons. The van der Waals surface area contributed by atoms with Gasteiger partial charge in [0.15, 0.2) is 0 Å². The molecule has 3 heterocycles. The van der Waals surface area contributed by atoms with Crippen LogP contribution in [0.25, 0.3) is 0 Å². The van der Waals surface area contributed by atoms with E-state index in [1.807, 2.05) is 0 Å². The van der Waals surface area contributed by atoms with Crippen LogP contribution in [0.1, 0.15) is 5.56 Å². The highest BCUT2D eigenvalue weighted by Crippen LogP contribution is 2.34. The number of hydrogen-bond acceptors (Lipinski definition) is 3. The third kappa shape index (κ3) is 1.73. The highest BCUT2D eigenvalue weighted by molar-refractivity contribution is 5.47. The molecule has 3 atom stereocenters. The lowest BCUT2D eigenvalue weighted by Gasteiger charge is -2.28. The number of pyridine rings is 1. The summed E-state index contributed by atoms with van der Waals surface area (Å²) in [4.78, 5) is 5.53. The van der Waals surface area contributed by atoms with Gasteiger partial charge < -0.3 is 10.2 Å². The zero-order valence-electron chi connectivity index (χ0n) is 9.28. The predicted octanol–water partition coefficient (Wildman–Crippen LogP) is 1.60. The highest BCUT2D eigenvalue weighted by Gasteiger charge is 2.48. The molecule has 18 heavy (non-hydrogen) atoms. The van der Waals surface area contributed by atoms with Gasteiger partial charge in [-0.1, -0.05) is 0 Å². The Morgan fingerprint density at radius 1 is 1.39 bits per heavy atom. The van der Waals surface area contributed by atoms with Gasteiger partial charge in [0.05, 0.1) is 17.6 Å². The van der Waals surface area contributed by atoms with Crippen molar-refractivity contribution < 1.29 is 17.6 Å². The normalized spacial score (nSPS) is 31.1. The summed E-state index contributed by atoms with van der Waals surface area (Å²) in [6.45, 7) is 0.809. The minimum atomic E-state index is -4.40. The molecule has 1 aromatic rings. The predicted molar refractivity (Wildman–Crippen MR) is 57.1 cm³/mol. The zero-order valence-corrected chi connectivity index (χ0v) is 9.28. The topological polar surface area (TPSA) is 28.2 Å². The summed E-state index contributed by atoms with van der Waals surface area (Å²) in [5.74, 6) is 0.196. The van der Waals surface area contributed by atoms with Gasteiger partial charge in [-0.2, -0.15) is 13.2 Å². The maximum Gasteiger partial charge on any atom is 0.416 e. The molecule has 2 fully saturated rings. The first kappa shape index (κ1) is 11.7. The largest absolute Gasteiger partial charge is 0.416 e. The van der Waals surface area contributed by atoms with Crippen LogP contribution in [0.3, 0.4) is 0 Å². The van der Waals surface area contributed by atoms with Crippen LogP contribution in [0.4, 0.5) is 23.4 Å². The second-order valence-electron chi connectivity index (χ2n) is 4.58. The molecule has 7 heteroatoms. The van der Waals surface area contributed by atoms with E-state index in [9.17, 15) is 17.6 Å². The number of nitrogens with zero attached hydrogens (tertiary/aromatic N) is 2. The molecule has 2 saturated heterocycles. The summed E-state index contributed by atoms with van der Waals surface area (Å²) in [6.07, 6.45) is -4.32. The first-order valence-electron chi connectivity index (χ1n) is 5.64. The molecule has 0 amide bonds. The molecule has 0 saturated carbocycles. The molecule has 2 aliphatic rings. The van der Waals surface area contributed by atoms with Crippen LogP contribution in [-0.2, 0) is 6.18 Å². The van der Waals surface area contributed by atoms with E-state index in [-0.39, 0.29) is 11.9 Å². The van der Waals surface area contributed by atoms with Gasteiger partial charge in [0.25, 0.3) is 0 Å². The van der Waals surface area contributed by atoms with Crippen molar-refractivity contribution in [1.82, 2.24) is 10.3 Å². The molecular weight excluding hydrogens is 250 g/mol. The molecule has 1 unspecified atom stereocenters. The van der Waals surface area contributed by atoms with Crippen molar-refractivity contribution in [1.29, 1.82) is 0 Å². The first-order chi connectivity index (χ1) is 8.47. The van der Waals surface area contributed by atoms with Crippen LogP contribution < -0.4 is 10.2 Å². The second kappa shape index (κ2) is 3.81. The molecular formula is C11H11F4N3. The summed E-state index contributed by atoms with van der Waals surface area (Å²) in [5, 5.41) is 2.98. The van der Waals surface area contributed by atoms with Crippen molar-refractivity contribution in [3.05, 3.63) is 23.9 Å². The fourth-order valence-electron chi connectivity index (χ4n) is 2.58. The van der Waals surface area contributed by atoms with E-state index in [1.165, 1.54) is 0 Å². The van der Waals surface area contributed by atoms with Gasteiger partial charge in [0.1, 0.15) is 12.0 Å². The number of piperazine rings is 1. The molecule has 3 nitrogen and oxygen atoms in total.